The Hall–Kier alpha value is -1.56. The molecule has 3 rings (SSSR count). The molecule has 0 fully saturated rings. The minimum atomic E-state index is 0.716. The van der Waals surface area contributed by atoms with Crippen LogP contribution in [0.15, 0.2) is 48.7 Å². The molecule has 4 heteroatoms. The number of hydrogen-bond donors (Lipinski definition) is 0. The molecule has 19 heavy (non-hydrogen) atoms. The Labute approximate surface area is 125 Å². The van der Waals surface area contributed by atoms with Crippen molar-refractivity contribution < 1.29 is 4.74 Å². The molecule has 0 amide bonds. The average Bonchev–Trinajstić information content (AvgIpc) is 2.82. The van der Waals surface area contributed by atoms with E-state index in [0.717, 1.165) is 22.2 Å². The van der Waals surface area contributed by atoms with Crippen molar-refractivity contribution in [3.63, 3.8) is 0 Å². The van der Waals surface area contributed by atoms with Gasteiger partial charge < -0.3 is 4.74 Å². The molecule has 2 aromatic carbocycles. The van der Waals surface area contributed by atoms with E-state index in [1.165, 1.54) is 3.57 Å². The van der Waals surface area contributed by atoms with Gasteiger partial charge in [0, 0.05) is 14.5 Å². The molecule has 1 aromatic heterocycles. The van der Waals surface area contributed by atoms with Crippen LogP contribution in [-0.4, -0.2) is 16.9 Å². The Balaban J connectivity index is 2.03. The second-order valence-corrected chi connectivity index (χ2v) is 5.56. The number of benzene rings is 2. The molecule has 0 radical (unpaired) electrons. The van der Waals surface area contributed by atoms with Crippen molar-refractivity contribution in [1.82, 2.24) is 9.78 Å². The van der Waals surface area contributed by atoms with Crippen LogP contribution in [0.1, 0.15) is 5.56 Å². The topological polar surface area (TPSA) is 27.1 Å². The molecule has 0 aliphatic rings. The fraction of sp³-hybridized carbons (Fsp3) is 0.133. The molecule has 3 aromatic rings. The third-order valence-corrected chi connectivity index (χ3v) is 3.79. The third-order valence-electron chi connectivity index (χ3n) is 3.12. The van der Waals surface area contributed by atoms with Gasteiger partial charge in [0.1, 0.15) is 5.75 Å². The van der Waals surface area contributed by atoms with Gasteiger partial charge in [-0.3, -0.25) is 4.68 Å². The van der Waals surface area contributed by atoms with Crippen molar-refractivity contribution in [1.29, 1.82) is 0 Å². The van der Waals surface area contributed by atoms with Crippen LogP contribution in [0, 0.1) is 3.57 Å². The summed E-state index contributed by atoms with van der Waals surface area (Å²) in [4.78, 5) is 0. The minimum Gasteiger partial charge on any atom is -0.496 e. The van der Waals surface area contributed by atoms with Crippen molar-refractivity contribution in [2.45, 2.75) is 6.54 Å². The van der Waals surface area contributed by atoms with Crippen molar-refractivity contribution in [3.8, 4) is 5.75 Å². The van der Waals surface area contributed by atoms with Gasteiger partial charge in [0.25, 0.3) is 0 Å². The fourth-order valence-corrected chi connectivity index (χ4v) is 2.64. The predicted octanol–water partition coefficient (Wildman–Crippen LogP) is 3.70. The molecular formula is C15H13IN2O. The van der Waals surface area contributed by atoms with Crippen LogP contribution in [0.2, 0.25) is 0 Å². The smallest absolute Gasteiger partial charge is 0.123 e. The third kappa shape index (κ3) is 2.45. The van der Waals surface area contributed by atoms with Crippen molar-refractivity contribution in [3.05, 3.63) is 57.8 Å². The first-order valence-corrected chi connectivity index (χ1v) is 7.09. The molecular weight excluding hydrogens is 351 g/mol. The first kappa shape index (κ1) is 12.5. The Kier molecular flexibility index (Phi) is 3.42. The highest BCUT2D eigenvalue weighted by Gasteiger charge is 2.07. The summed E-state index contributed by atoms with van der Waals surface area (Å²) < 4.78 is 8.61. The van der Waals surface area contributed by atoms with Crippen LogP contribution in [0.4, 0.5) is 0 Å². The highest BCUT2D eigenvalue weighted by Crippen LogP contribution is 2.22. The predicted molar refractivity (Wildman–Crippen MR) is 84.5 cm³/mol. The molecule has 0 spiro atoms. The molecule has 0 saturated carbocycles. The first-order chi connectivity index (χ1) is 9.28. The summed E-state index contributed by atoms with van der Waals surface area (Å²) in [6.07, 6.45) is 1.90. The number of halogens is 1. The average molecular weight is 364 g/mol. The SMILES string of the molecule is COc1ccccc1Cn1ncc2ccc(I)cc21. The number of para-hydroxylation sites is 1. The molecule has 0 unspecified atom stereocenters. The van der Waals surface area contributed by atoms with Gasteiger partial charge in [-0.15, -0.1) is 0 Å². The maximum absolute atomic E-state index is 5.39. The standard InChI is InChI=1S/C15H13IN2O/c1-19-15-5-3-2-4-12(15)10-18-14-8-13(16)7-6-11(14)9-17-18/h2-9H,10H2,1H3. The van der Waals surface area contributed by atoms with Gasteiger partial charge in [-0.25, -0.2) is 0 Å². The van der Waals surface area contributed by atoms with Gasteiger partial charge in [0.2, 0.25) is 0 Å². The zero-order chi connectivity index (χ0) is 13.2. The Morgan fingerprint density at radius 2 is 2.05 bits per heavy atom. The highest BCUT2D eigenvalue weighted by atomic mass is 127. The highest BCUT2D eigenvalue weighted by molar-refractivity contribution is 14.1. The summed E-state index contributed by atoms with van der Waals surface area (Å²) >= 11 is 2.32. The molecule has 1 heterocycles. The number of methoxy groups -OCH3 is 1. The number of aromatic nitrogens is 2. The summed E-state index contributed by atoms with van der Waals surface area (Å²) in [6.45, 7) is 0.716. The molecule has 0 bridgehead atoms. The summed E-state index contributed by atoms with van der Waals surface area (Å²) in [5.74, 6) is 0.900. The lowest BCUT2D eigenvalue weighted by Crippen LogP contribution is -2.03. The van der Waals surface area contributed by atoms with Gasteiger partial charge in [-0.2, -0.15) is 5.10 Å². The number of nitrogens with zero attached hydrogens (tertiary/aromatic N) is 2. The van der Waals surface area contributed by atoms with E-state index in [1.54, 1.807) is 7.11 Å². The van der Waals surface area contributed by atoms with E-state index in [4.69, 9.17) is 4.74 Å². The normalized spacial score (nSPS) is 10.8. The van der Waals surface area contributed by atoms with Crippen LogP contribution in [0.25, 0.3) is 10.9 Å². The number of ether oxygens (including phenoxy) is 1. The van der Waals surface area contributed by atoms with Crippen molar-refractivity contribution >= 4 is 33.5 Å². The zero-order valence-electron chi connectivity index (χ0n) is 10.5. The van der Waals surface area contributed by atoms with E-state index in [-0.39, 0.29) is 0 Å². The van der Waals surface area contributed by atoms with Gasteiger partial charge in [-0.05, 0) is 40.8 Å². The van der Waals surface area contributed by atoms with Crippen LogP contribution in [-0.2, 0) is 6.54 Å². The molecule has 0 aliphatic heterocycles. The van der Waals surface area contributed by atoms with E-state index in [0.29, 0.717) is 6.54 Å². The van der Waals surface area contributed by atoms with E-state index in [1.807, 2.05) is 29.1 Å². The quantitative estimate of drug-likeness (QED) is 0.663. The fourth-order valence-electron chi connectivity index (χ4n) is 2.16. The molecule has 0 saturated heterocycles. The number of rotatable bonds is 3. The second-order valence-electron chi connectivity index (χ2n) is 4.32. The summed E-state index contributed by atoms with van der Waals surface area (Å²) in [5.41, 5.74) is 2.28. The minimum absolute atomic E-state index is 0.716. The van der Waals surface area contributed by atoms with Crippen LogP contribution < -0.4 is 4.74 Å². The lowest BCUT2D eigenvalue weighted by Gasteiger charge is -2.09. The number of hydrogen-bond acceptors (Lipinski definition) is 2. The largest absolute Gasteiger partial charge is 0.496 e. The van der Waals surface area contributed by atoms with Crippen molar-refractivity contribution in [2.75, 3.05) is 7.11 Å². The molecule has 3 nitrogen and oxygen atoms in total. The first-order valence-electron chi connectivity index (χ1n) is 6.01. The summed E-state index contributed by atoms with van der Waals surface area (Å²) in [5, 5.41) is 5.63. The lowest BCUT2D eigenvalue weighted by molar-refractivity contribution is 0.407. The molecule has 0 aliphatic carbocycles. The van der Waals surface area contributed by atoms with E-state index in [9.17, 15) is 0 Å². The van der Waals surface area contributed by atoms with E-state index >= 15 is 0 Å². The Bertz CT molecular complexity index is 721. The molecule has 0 atom stereocenters. The van der Waals surface area contributed by atoms with Crippen LogP contribution in [0.3, 0.4) is 0 Å². The van der Waals surface area contributed by atoms with E-state index < -0.39 is 0 Å². The van der Waals surface area contributed by atoms with Crippen LogP contribution in [0.5, 0.6) is 5.75 Å². The van der Waals surface area contributed by atoms with Gasteiger partial charge in [0.05, 0.1) is 25.4 Å². The zero-order valence-corrected chi connectivity index (χ0v) is 12.7. The lowest BCUT2D eigenvalue weighted by atomic mass is 10.2. The maximum atomic E-state index is 5.39. The molecule has 96 valence electrons. The van der Waals surface area contributed by atoms with Gasteiger partial charge >= 0.3 is 0 Å². The van der Waals surface area contributed by atoms with Crippen LogP contribution >= 0.6 is 22.6 Å². The van der Waals surface area contributed by atoms with E-state index in [2.05, 4.69) is 52.0 Å². The number of fused-ring (bicyclic) bond motifs is 1. The van der Waals surface area contributed by atoms with Crippen molar-refractivity contribution in [2.24, 2.45) is 0 Å². The van der Waals surface area contributed by atoms with Gasteiger partial charge in [0.15, 0.2) is 0 Å². The monoisotopic (exact) mass is 364 g/mol. The Morgan fingerprint density at radius 3 is 2.89 bits per heavy atom. The summed E-state index contributed by atoms with van der Waals surface area (Å²) in [7, 11) is 1.70. The second kappa shape index (κ2) is 5.21. The molecule has 0 N–H and O–H groups in total. The maximum Gasteiger partial charge on any atom is 0.123 e. The Morgan fingerprint density at radius 1 is 1.21 bits per heavy atom. The van der Waals surface area contributed by atoms with Gasteiger partial charge in [-0.1, -0.05) is 24.3 Å². The summed E-state index contributed by atoms with van der Waals surface area (Å²) in [6, 6.07) is 14.4.